The molecular formula is C15H17N3O3. The van der Waals surface area contributed by atoms with Gasteiger partial charge in [-0.15, -0.1) is 0 Å². The van der Waals surface area contributed by atoms with Crippen molar-refractivity contribution in [3.63, 3.8) is 0 Å². The van der Waals surface area contributed by atoms with E-state index < -0.39 is 4.92 Å². The van der Waals surface area contributed by atoms with E-state index in [0.29, 0.717) is 18.0 Å². The predicted molar refractivity (Wildman–Crippen MR) is 81.5 cm³/mol. The molecule has 0 spiro atoms. The molecule has 2 aromatic carbocycles. The van der Waals surface area contributed by atoms with Crippen molar-refractivity contribution in [3.05, 3.63) is 64.2 Å². The van der Waals surface area contributed by atoms with Gasteiger partial charge >= 0.3 is 0 Å². The Morgan fingerprint density at radius 1 is 1.29 bits per heavy atom. The summed E-state index contributed by atoms with van der Waals surface area (Å²) in [6, 6.07) is 14.0. The minimum Gasteiger partial charge on any atom is -0.496 e. The van der Waals surface area contributed by atoms with E-state index in [1.807, 2.05) is 30.3 Å². The molecule has 0 aliphatic heterocycles. The zero-order chi connectivity index (χ0) is 15.2. The summed E-state index contributed by atoms with van der Waals surface area (Å²) in [5.41, 5.74) is 7.43. The monoisotopic (exact) mass is 287 g/mol. The summed E-state index contributed by atoms with van der Waals surface area (Å²) < 4.78 is 5.00. The molecule has 0 saturated heterocycles. The van der Waals surface area contributed by atoms with Crippen LogP contribution in [0.25, 0.3) is 0 Å². The molecule has 0 bridgehead atoms. The van der Waals surface area contributed by atoms with Crippen molar-refractivity contribution in [1.82, 2.24) is 0 Å². The van der Waals surface area contributed by atoms with Crippen molar-refractivity contribution in [1.29, 1.82) is 0 Å². The number of hydrogen-bond donors (Lipinski definition) is 2. The molecule has 0 heterocycles. The maximum atomic E-state index is 11.1. The molecule has 6 heteroatoms. The van der Waals surface area contributed by atoms with Gasteiger partial charge in [0.25, 0.3) is 5.69 Å². The minimum absolute atomic E-state index is 0.0328. The predicted octanol–water partition coefficient (Wildman–Crippen LogP) is 2.72. The van der Waals surface area contributed by atoms with E-state index in [-0.39, 0.29) is 11.7 Å². The SMILES string of the molecule is COc1ccc(NCC(N)c2ccccc2)c([N+](=O)[O-])c1. The fraction of sp³-hybridized carbons (Fsp3) is 0.200. The van der Waals surface area contributed by atoms with Gasteiger partial charge in [0, 0.05) is 12.6 Å². The molecule has 0 fully saturated rings. The Labute approximate surface area is 122 Å². The molecule has 0 radical (unpaired) electrons. The van der Waals surface area contributed by atoms with Crippen LogP contribution in [0.15, 0.2) is 48.5 Å². The van der Waals surface area contributed by atoms with Gasteiger partial charge < -0.3 is 15.8 Å². The number of methoxy groups -OCH3 is 1. The van der Waals surface area contributed by atoms with E-state index in [2.05, 4.69) is 5.32 Å². The molecule has 21 heavy (non-hydrogen) atoms. The largest absolute Gasteiger partial charge is 0.496 e. The van der Waals surface area contributed by atoms with Gasteiger partial charge in [0.05, 0.1) is 18.1 Å². The number of nitrogens with one attached hydrogen (secondary N) is 1. The first-order chi connectivity index (χ1) is 10.1. The van der Waals surface area contributed by atoms with Crippen LogP contribution in [-0.4, -0.2) is 18.6 Å². The molecule has 0 amide bonds. The second kappa shape index (κ2) is 6.71. The number of nitrogens with two attached hydrogens (primary N) is 1. The third kappa shape index (κ3) is 3.70. The highest BCUT2D eigenvalue weighted by atomic mass is 16.6. The number of benzene rings is 2. The highest BCUT2D eigenvalue weighted by Crippen LogP contribution is 2.29. The lowest BCUT2D eigenvalue weighted by Crippen LogP contribution is -2.20. The van der Waals surface area contributed by atoms with Crippen LogP contribution in [0.5, 0.6) is 5.75 Å². The summed E-state index contributed by atoms with van der Waals surface area (Å²) in [6.45, 7) is 0.400. The van der Waals surface area contributed by atoms with Crippen LogP contribution in [0.2, 0.25) is 0 Å². The standard InChI is InChI=1S/C15H17N3O3/c1-21-12-7-8-14(15(9-12)18(19)20)17-10-13(16)11-5-3-2-4-6-11/h2-9,13,17H,10,16H2,1H3. The number of nitro benzene ring substituents is 1. The lowest BCUT2D eigenvalue weighted by atomic mass is 10.1. The Kier molecular flexibility index (Phi) is 4.73. The molecule has 0 aromatic heterocycles. The first-order valence-corrected chi connectivity index (χ1v) is 6.48. The average molecular weight is 287 g/mol. The number of nitrogens with zero attached hydrogens (tertiary/aromatic N) is 1. The summed E-state index contributed by atoms with van der Waals surface area (Å²) in [5.74, 6) is 0.444. The Morgan fingerprint density at radius 2 is 2.00 bits per heavy atom. The maximum absolute atomic E-state index is 11.1. The highest BCUT2D eigenvalue weighted by molar-refractivity contribution is 5.64. The molecule has 3 N–H and O–H groups in total. The first-order valence-electron chi connectivity index (χ1n) is 6.48. The van der Waals surface area contributed by atoms with Gasteiger partial charge in [-0.05, 0) is 17.7 Å². The zero-order valence-electron chi connectivity index (χ0n) is 11.7. The lowest BCUT2D eigenvalue weighted by molar-refractivity contribution is -0.384. The van der Waals surface area contributed by atoms with Crippen LogP contribution >= 0.6 is 0 Å². The van der Waals surface area contributed by atoms with Crippen LogP contribution in [0, 0.1) is 10.1 Å². The van der Waals surface area contributed by atoms with Gasteiger partial charge in [-0.3, -0.25) is 10.1 Å². The molecule has 0 saturated carbocycles. The lowest BCUT2D eigenvalue weighted by Gasteiger charge is -2.14. The van der Waals surface area contributed by atoms with Gasteiger partial charge in [0.1, 0.15) is 11.4 Å². The van der Waals surface area contributed by atoms with E-state index in [1.165, 1.54) is 13.2 Å². The smallest absolute Gasteiger partial charge is 0.296 e. The number of anilines is 1. The van der Waals surface area contributed by atoms with Gasteiger partial charge in [0.2, 0.25) is 0 Å². The molecule has 2 rings (SSSR count). The van der Waals surface area contributed by atoms with Gasteiger partial charge in [-0.25, -0.2) is 0 Å². The van der Waals surface area contributed by atoms with E-state index in [9.17, 15) is 10.1 Å². The number of rotatable bonds is 6. The van der Waals surface area contributed by atoms with E-state index in [4.69, 9.17) is 10.5 Å². The van der Waals surface area contributed by atoms with E-state index in [0.717, 1.165) is 5.56 Å². The molecule has 1 atom stereocenters. The molecule has 1 unspecified atom stereocenters. The maximum Gasteiger partial charge on any atom is 0.296 e. The third-order valence-corrected chi connectivity index (χ3v) is 3.14. The van der Waals surface area contributed by atoms with Gasteiger partial charge in [0.15, 0.2) is 0 Å². The Hall–Kier alpha value is -2.60. The Morgan fingerprint density at radius 3 is 2.62 bits per heavy atom. The summed E-state index contributed by atoms with van der Waals surface area (Å²) in [5, 5.41) is 14.1. The van der Waals surface area contributed by atoms with Gasteiger partial charge in [-0.2, -0.15) is 0 Å². The van der Waals surface area contributed by atoms with Crippen LogP contribution in [0.1, 0.15) is 11.6 Å². The topological polar surface area (TPSA) is 90.4 Å². The Bertz CT molecular complexity index is 617. The fourth-order valence-electron chi connectivity index (χ4n) is 1.98. The molecule has 6 nitrogen and oxygen atoms in total. The summed E-state index contributed by atoms with van der Waals surface area (Å²) in [6.07, 6.45) is 0. The first kappa shape index (κ1) is 14.8. The molecule has 2 aromatic rings. The minimum atomic E-state index is -0.446. The van der Waals surface area contributed by atoms with E-state index in [1.54, 1.807) is 12.1 Å². The van der Waals surface area contributed by atoms with E-state index >= 15 is 0 Å². The van der Waals surface area contributed by atoms with Crippen LogP contribution in [0.4, 0.5) is 11.4 Å². The molecule has 0 aliphatic carbocycles. The average Bonchev–Trinajstić information content (AvgIpc) is 2.53. The third-order valence-electron chi connectivity index (χ3n) is 3.14. The number of ether oxygens (including phenoxy) is 1. The number of hydrogen-bond acceptors (Lipinski definition) is 5. The quantitative estimate of drug-likeness (QED) is 0.629. The van der Waals surface area contributed by atoms with Crippen LogP contribution in [0.3, 0.4) is 0 Å². The normalized spacial score (nSPS) is 11.7. The van der Waals surface area contributed by atoms with Crippen LogP contribution < -0.4 is 15.8 Å². The van der Waals surface area contributed by atoms with Crippen molar-refractivity contribution in [2.24, 2.45) is 5.73 Å². The fourth-order valence-corrected chi connectivity index (χ4v) is 1.98. The van der Waals surface area contributed by atoms with Crippen molar-refractivity contribution >= 4 is 11.4 Å². The summed E-state index contributed by atoms with van der Waals surface area (Å²) in [7, 11) is 1.47. The molecule has 110 valence electrons. The molecule has 0 aliphatic rings. The molecular weight excluding hydrogens is 270 g/mol. The second-order valence-corrected chi connectivity index (χ2v) is 4.54. The van der Waals surface area contributed by atoms with Crippen molar-refractivity contribution in [3.8, 4) is 5.75 Å². The second-order valence-electron chi connectivity index (χ2n) is 4.54. The Balaban J connectivity index is 2.11. The zero-order valence-corrected chi connectivity index (χ0v) is 11.7. The van der Waals surface area contributed by atoms with Crippen molar-refractivity contribution in [2.45, 2.75) is 6.04 Å². The van der Waals surface area contributed by atoms with Crippen molar-refractivity contribution in [2.75, 3.05) is 19.0 Å². The summed E-state index contributed by atoms with van der Waals surface area (Å²) in [4.78, 5) is 10.6. The van der Waals surface area contributed by atoms with Crippen LogP contribution in [-0.2, 0) is 0 Å². The summed E-state index contributed by atoms with van der Waals surface area (Å²) >= 11 is 0. The van der Waals surface area contributed by atoms with Gasteiger partial charge in [-0.1, -0.05) is 30.3 Å². The highest BCUT2D eigenvalue weighted by Gasteiger charge is 2.16. The number of nitro groups is 1. The van der Waals surface area contributed by atoms with Crippen molar-refractivity contribution < 1.29 is 9.66 Å².